The van der Waals surface area contributed by atoms with Gasteiger partial charge in [0.1, 0.15) is 0 Å². The molecule has 0 saturated heterocycles. The molecule has 1 aromatic rings. The maximum Gasteiger partial charge on any atom is 0.328 e. The number of hydrogen-bond acceptors (Lipinski definition) is 1. The van der Waals surface area contributed by atoms with Gasteiger partial charge in [-0.05, 0) is 46.1 Å². The molecule has 74 valence electrons. The Bertz CT molecular complexity index is 399. The minimum Gasteiger partial charge on any atom is -0.478 e. The van der Waals surface area contributed by atoms with Gasteiger partial charge < -0.3 is 5.11 Å². The van der Waals surface area contributed by atoms with Crippen LogP contribution in [0.1, 0.15) is 11.1 Å². The number of benzene rings is 1. The summed E-state index contributed by atoms with van der Waals surface area (Å²) in [5, 5.41) is 9.06. The van der Waals surface area contributed by atoms with E-state index in [0.29, 0.717) is 5.02 Å². The van der Waals surface area contributed by atoms with Gasteiger partial charge in [0.25, 0.3) is 0 Å². The molecule has 0 heterocycles. The highest BCUT2D eigenvalue weighted by Crippen LogP contribution is 2.29. The van der Waals surface area contributed by atoms with E-state index >= 15 is 0 Å². The standard InChI is InChI=1S/C10H8BrClO2/c1-6-2-4-8(12)10(11)7(6)3-5-9(13)14/h2-5H,1H3,(H,13,14)/b5-3+. The summed E-state index contributed by atoms with van der Waals surface area (Å²) in [4.78, 5) is 10.3. The molecule has 14 heavy (non-hydrogen) atoms. The molecular weight excluding hydrogens is 267 g/mol. The van der Waals surface area contributed by atoms with Crippen LogP contribution in [0, 0.1) is 6.92 Å². The van der Waals surface area contributed by atoms with E-state index in [2.05, 4.69) is 15.9 Å². The molecule has 4 heteroatoms. The van der Waals surface area contributed by atoms with E-state index in [1.807, 2.05) is 13.0 Å². The monoisotopic (exact) mass is 274 g/mol. The van der Waals surface area contributed by atoms with Crippen LogP contribution in [0.4, 0.5) is 0 Å². The molecule has 0 aliphatic heterocycles. The molecule has 0 spiro atoms. The smallest absolute Gasteiger partial charge is 0.328 e. The number of rotatable bonds is 2. The molecule has 0 aliphatic carbocycles. The normalized spacial score (nSPS) is 10.8. The zero-order valence-corrected chi connectivity index (χ0v) is 9.76. The van der Waals surface area contributed by atoms with E-state index in [9.17, 15) is 4.79 Å². The average molecular weight is 276 g/mol. The second-order valence-corrected chi connectivity index (χ2v) is 3.96. The van der Waals surface area contributed by atoms with Crippen LogP contribution < -0.4 is 0 Å². The lowest BCUT2D eigenvalue weighted by atomic mass is 10.1. The van der Waals surface area contributed by atoms with Gasteiger partial charge >= 0.3 is 5.97 Å². The topological polar surface area (TPSA) is 37.3 Å². The van der Waals surface area contributed by atoms with Gasteiger partial charge in [-0.2, -0.15) is 0 Å². The summed E-state index contributed by atoms with van der Waals surface area (Å²) in [6.45, 7) is 1.89. The molecule has 1 aromatic carbocycles. The van der Waals surface area contributed by atoms with Gasteiger partial charge in [0.15, 0.2) is 0 Å². The molecule has 0 unspecified atom stereocenters. The van der Waals surface area contributed by atoms with E-state index < -0.39 is 5.97 Å². The SMILES string of the molecule is Cc1ccc(Cl)c(Br)c1/C=C/C(=O)O. The second-order valence-electron chi connectivity index (χ2n) is 2.76. The van der Waals surface area contributed by atoms with E-state index in [1.165, 1.54) is 6.08 Å². The van der Waals surface area contributed by atoms with Crippen LogP contribution in [0.3, 0.4) is 0 Å². The summed E-state index contributed by atoms with van der Waals surface area (Å²) in [6.07, 6.45) is 2.61. The Hall–Kier alpha value is -0.800. The molecule has 0 saturated carbocycles. The third-order valence-corrected chi connectivity index (χ3v) is 3.14. The molecular formula is C10H8BrClO2. The van der Waals surface area contributed by atoms with Crippen molar-refractivity contribution in [3.63, 3.8) is 0 Å². The van der Waals surface area contributed by atoms with Crippen LogP contribution in [0.2, 0.25) is 5.02 Å². The summed E-state index contributed by atoms with van der Waals surface area (Å²) in [5.74, 6) is -0.976. The van der Waals surface area contributed by atoms with Crippen molar-refractivity contribution in [1.29, 1.82) is 0 Å². The highest BCUT2D eigenvalue weighted by Gasteiger charge is 2.04. The van der Waals surface area contributed by atoms with E-state index in [0.717, 1.165) is 21.7 Å². The summed E-state index contributed by atoms with van der Waals surface area (Å²) >= 11 is 9.18. The summed E-state index contributed by atoms with van der Waals surface area (Å²) in [6, 6.07) is 3.60. The molecule has 0 aliphatic rings. The van der Waals surface area contributed by atoms with Crippen molar-refractivity contribution in [1.82, 2.24) is 0 Å². The predicted molar refractivity (Wildman–Crippen MR) is 60.6 cm³/mol. The van der Waals surface area contributed by atoms with E-state index in [1.54, 1.807) is 6.07 Å². The van der Waals surface area contributed by atoms with Gasteiger partial charge in [-0.1, -0.05) is 17.7 Å². The van der Waals surface area contributed by atoms with Crippen molar-refractivity contribution < 1.29 is 9.90 Å². The van der Waals surface area contributed by atoms with E-state index in [4.69, 9.17) is 16.7 Å². The zero-order chi connectivity index (χ0) is 10.7. The molecule has 1 N–H and O–H groups in total. The first-order valence-corrected chi connectivity index (χ1v) is 5.05. The van der Waals surface area contributed by atoms with Crippen molar-refractivity contribution in [3.05, 3.63) is 38.8 Å². The third kappa shape index (κ3) is 2.59. The van der Waals surface area contributed by atoms with Crippen LogP contribution in [0.5, 0.6) is 0 Å². The van der Waals surface area contributed by atoms with Crippen molar-refractivity contribution in [2.45, 2.75) is 6.92 Å². The number of aliphatic carboxylic acids is 1. The van der Waals surface area contributed by atoms with Crippen LogP contribution in [0.25, 0.3) is 6.08 Å². The van der Waals surface area contributed by atoms with Gasteiger partial charge in [-0.3, -0.25) is 0 Å². The Morgan fingerprint density at radius 1 is 1.57 bits per heavy atom. The minimum absolute atomic E-state index is 0.570. The Labute approximate surface area is 95.3 Å². The molecule has 0 aromatic heterocycles. The van der Waals surface area contributed by atoms with Crippen molar-refractivity contribution in [2.75, 3.05) is 0 Å². The van der Waals surface area contributed by atoms with Crippen LogP contribution in [-0.4, -0.2) is 11.1 Å². The molecule has 0 fully saturated rings. The minimum atomic E-state index is -0.976. The molecule has 0 bridgehead atoms. The predicted octanol–water partition coefficient (Wildman–Crippen LogP) is 3.51. The number of halogens is 2. The molecule has 0 atom stereocenters. The fourth-order valence-corrected chi connectivity index (χ4v) is 1.76. The maximum atomic E-state index is 10.3. The molecule has 1 rings (SSSR count). The highest BCUT2D eigenvalue weighted by molar-refractivity contribution is 9.10. The Morgan fingerprint density at radius 3 is 2.79 bits per heavy atom. The van der Waals surface area contributed by atoms with Crippen molar-refractivity contribution in [3.8, 4) is 0 Å². The lowest BCUT2D eigenvalue weighted by Gasteiger charge is -2.04. The lowest BCUT2D eigenvalue weighted by Crippen LogP contribution is -1.88. The molecule has 0 radical (unpaired) electrons. The zero-order valence-electron chi connectivity index (χ0n) is 7.42. The lowest BCUT2D eigenvalue weighted by molar-refractivity contribution is -0.131. The van der Waals surface area contributed by atoms with Gasteiger partial charge in [0.05, 0.1) is 5.02 Å². The highest BCUT2D eigenvalue weighted by atomic mass is 79.9. The van der Waals surface area contributed by atoms with Gasteiger partial charge in [-0.25, -0.2) is 4.79 Å². The quantitative estimate of drug-likeness (QED) is 0.839. The van der Waals surface area contributed by atoms with Gasteiger partial charge in [0, 0.05) is 10.5 Å². The van der Waals surface area contributed by atoms with Gasteiger partial charge in [0.2, 0.25) is 0 Å². The fourth-order valence-electron chi connectivity index (χ4n) is 1.02. The Balaban J connectivity index is 3.19. The van der Waals surface area contributed by atoms with Gasteiger partial charge in [-0.15, -0.1) is 0 Å². The first-order chi connectivity index (χ1) is 6.52. The summed E-state index contributed by atoms with van der Waals surface area (Å²) in [5.41, 5.74) is 1.76. The fraction of sp³-hybridized carbons (Fsp3) is 0.100. The Kier molecular flexibility index (Phi) is 3.72. The number of carbonyl (C=O) groups is 1. The molecule has 2 nitrogen and oxygen atoms in total. The largest absolute Gasteiger partial charge is 0.478 e. The van der Waals surface area contributed by atoms with Crippen LogP contribution in [-0.2, 0) is 4.79 Å². The first kappa shape index (κ1) is 11.3. The average Bonchev–Trinajstić information content (AvgIpc) is 2.11. The number of carboxylic acid groups (broad SMARTS) is 1. The van der Waals surface area contributed by atoms with Crippen molar-refractivity contribution >= 4 is 39.6 Å². The summed E-state index contributed by atoms with van der Waals surface area (Å²) < 4.78 is 0.719. The number of carboxylic acids is 1. The van der Waals surface area contributed by atoms with E-state index in [-0.39, 0.29) is 0 Å². The molecule has 0 amide bonds. The van der Waals surface area contributed by atoms with Crippen molar-refractivity contribution in [2.24, 2.45) is 0 Å². The first-order valence-electron chi connectivity index (χ1n) is 3.88. The number of hydrogen-bond donors (Lipinski definition) is 1. The Morgan fingerprint density at radius 2 is 2.21 bits per heavy atom. The van der Waals surface area contributed by atoms with Crippen LogP contribution in [0.15, 0.2) is 22.7 Å². The summed E-state index contributed by atoms with van der Waals surface area (Å²) in [7, 11) is 0. The second kappa shape index (κ2) is 4.62. The maximum absolute atomic E-state index is 10.3. The number of aryl methyl sites for hydroxylation is 1. The van der Waals surface area contributed by atoms with Crippen LogP contribution >= 0.6 is 27.5 Å². The third-order valence-electron chi connectivity index (χ3n) is 1.74.